The van der Waals surface area contributed by atoms with E-state index in [1.165, 1.54) is 7.11 Å². The summed E-state index contributed by atoms with van der Waals surface area (Å²) in [4.78, 5) is 18.8. The number of methoxy groups -OCH3 is 1. The van der Waals surface area contributed by atoms with Gasteiger partial charge in [0.15, 0.2) is 0 Å². The maximum Gasteiger partial charge on any atom is 0.339 e. The van der Waals surface area contributed by atoms with Crippen LogP contribution in [-0.2, 0) is 16.1 Å². The molecule has 1 aliphatic carbocycles. The van der Waals surface area contributed by atoms with Gasteiger partial charge in [0, 0.05) is 34.7 Å². The predicted molar refractivity (Wildman–Crippen MR) is 157 cm³/mol. The number of fused-ring (bicyclic) bond motifs is 2. The Bertz CT molecular complexity index is 1620. The molecule has 0 N–H and O–H groups in total. The fourth-order valence-corrected chi connectivity index (χ4v) is 7.03. The lowest BCUT2D eigenvalue weighted by Crippen LogP contribution is -2.46. The van der Waals surface area contributed by atoms with Gasteiger partial charge in [-0.25, -0.2) is 4.79 Å². The Morgan fingerprint density at radius 2 is 1.71 bits per heavy atom. The van der Waals surface area contributed by atoms with Crippen molar-refractivity contribution in [3.8, 4) is 22.7 Å². The number of benzene rings is 2. The molecule has 4 aromatic rings. The minimum atomic E-state index is -0.504. The second-order valence-electron chi connectivity index (χ2n) is 11.0. The van der Waals surface area contributed by atoms with Crippen LogP contribution in [0.5, 0.6) is 0 Å². The first kappa shape index (κ1) is 27.7. The second-order valence-corrected chi connectivity index (χ2v) is 12.2. The highest BCUT2D eigenvalue weighted by Gasteiger charge is 2.43. The normalized spacial score (nSPS) is 21.6. The number of ether oxygens (including phenoxy) is 2. The third kappa shape index (κ3) is 5.06. The fraction of sp³-hybridized carbons (Fsp3) is 0.400. The van der Waals surface area contributed by atoms with Crippen molar-refractivity contribution in [2.75, 3.05) is 12.0 Å². The molecule has 1 unspecified atom stereocenters. The van der Waals surface area contributed by atoms with Crippen LogP contribution >= 0.6 is 34.8 Å². The molecule has 2 aromatic heterocycles. The summed E-state index contributed by atoms with van der Waals surface area (Å²) < 4.78 is 22.7. The van der Waals surface area contributed by atoms with Crippen LogP contribution in [-0.4, -0.2) is 46.6 Å². The largest absolute Gasteiger partial charge is 0.465 e. The number of nitrogens with zero attached hydrogens (tertiary/aromatic N) is 4. The monoisotopic (exact) mass is 628 g/mol. The van der Waals surface area contributed by atoms with E-state index < -0.39 is 5.97 Å². The van der Waals surface area contributed by atoms with Gasteiger partial charge in [0.1, 0.15) is 11.5 Å². The Morgan fingerprint density at radius 1 is 0.976 bits per heavy atom. The summed E-state index contributed by atoms with van der Waals surface area (Å²) in [6, 6.07) is 10.8. The Morgan fingerprint density at radius 3 is 2.38 bits per heavy atom. The molecular formula is C30H27Cl3N4O5. The van der Waals surface area contributed by atoms with Crippen LogP contribution < -0.4 is 4.90 Å². The summed E-state index contributed by atoms with van der Waals surface area (Å²) >= 11 is 19.4. The van der Waals surface area contributed by atoms with Gasteiger partial charge >= 0.3 is 5.97 Å². The van der Waals surface area contributed by atoms with Gasteiger partial charge in [-0.15, -0.1) is 0 Å². The summed E-state index contributed by atoms with van der Waals surface area (Å²) in [5, 5.41) is 10.0. The second kappa shape index (κ2) is 11.2. The van der Waals surface area contributed by atoms with Crippen LogP contribution in [0.3, 0.4) is 0 Å². The zero-order valence-corrected chi connectivity index (χ0v) is 25.0. The minimum Gasteiger partial charge on any atom is -0.465 e. The zero-order valence-electron chi connectivity index (χ0n) is 22.7. The Balaban J connectivity index is 1.06. The van der Waals surface area contributed by atoms with E-state index in [9.17, 15) is 4.79 Å². The number of hydrogen-bond donors (Lipinski definition) is 0. The first-order valence-electron chi connectivity index (χ1n) is 14.0. The lowest BCUT2D eigenvalue weighted by molar-refractivity contribution is 0.0144. The quantitative estimate of drug-likeness (QED) is 0.181. The fourth-order valence-electron chi connectivity index (χ4n) is 6.20. The minimum absolute atomic E-state index is 0.0614. The molecule has 2 aromatic carbocycles. The molecule has 4 heterocycles. The van der Waals surface area contributed by atoms with Gasteiger partial charge in [0.05, 0.1) is 40.5 Å². The van der Waals surface area contributed by atoms with Crippen LogP contribution in [0, 0.1) is 0 Å². The van der Waals surface area contributed by atoms with Crippen molar-refractivity contribution in [3.63, 3.8) is 0 Å². The topological polar surface area (TPSA) is 104 Å². The summed E-state index contributed by atoms with van der Waals surface area (Å²) in [7, 11) is 1.31. The number of piperidine rings is 1. The molecule has 3 fully saturated rings. The highest BCUT2D eigenvalue weighted by atomic mass is 35.5. The summed E-state index contributed by atoms with van der Waals surface area (Å²) in [6.45, 7) is 0.380. The van der Waals surface area contributed by atoms with Crippen molar-refractivity contribution >= 4 is 46.7 Å². The van der Waals surface area contributed by atoms with Crippen LogP contribution in [0.2, 0.25) is 15.1 Å². The molecule has 2 aliphatic heterocycles. The average molecular weight is 630 g/mol. The molecule has 42 heavy (non-hydrogen) atoms. The number of hydrogen-bond acceptors (Lipinski definition) is 9. The van der Waals surface area contributed by atoms with Gasteiger partial charge in [-0.05, 0) is 74.0 Å². The van der Waals surface area contributed by atoms with E-state index in [4.69, 9.17) is 53.3 Å². The van der Waals surface area contributed by atoms with Crippen molar-refractivity contribution in [2.45, 2.75) is 69.2 Å². The molecule has 2 saturated heterocycles. The van der Waals surface area contributed by atoms with E-state index in [1.807, 2.05) is 18.2 Å². The number of carbonyl (C=O) groups excluding carboxylic acids is 1. The maximum atomic E-state index is 11.9. The summed E-state index contributed by atoms with van der Waals surface area (Å²) in [5.74, 6) is 1.63. The third-order valence-corrected chi connectivity index (χ3v) is 9.33. The van der Waals surface area contributed by atoms with E-state index in [-0.39, 0.29) is 28.8 Å². The van der Waals surface area contributed by atoms with Crippen molar-refractivity contribution in [1.29, 1.82) is 0 Å². The van der Waals surface area contributed by atoms with Crippen molar-refractivity contribution in [1.82, 2.24) is 15.3 Å². The van der Waals surface area contributed by atoms with E-state index in [2.05, 4.69) is 20.2 Å². The van der Waals surface area contributed by atoms with Gasteiger partial charge in [0.2, 0.25) is 0 Å². The van der Waals surface area contributed by atoms with Gasteiger partial charge in [-0.2, -0.15) is 4.98 Å². The molecule has 2 bridgehead atoms. The highest BCUT2D eigenvalue weighted by Crippen LogP contribution is 2.47. The van der Waals surface area contributed by atoms with Gasteiger partial charge in [-0.3, -0.25) is 0 Å². The lowest BCUT2D eigenvalue weighted by Gasteiger charge is -2.37. The Labute approximate surface area is 257 Å². The molecule has 218 valence electrons. The molecule has 0 spiro atoms. The first-order valence-corrected chi connectivity index (χ1v) is 15.1. The molecular weight excluding hydrogens is 603 g/mol. The average Bonchev–Trinajstić information content (AvgIpc) is 3.45. The predicted octanol–water partition coefficient (Wildman–Crippen LogP) is 7.73. The molecule has 3 aliphatic rings. The summed E-state index contributed by atoms with van der Waals surface area (Å²) in [6.07, 6.45) is 5.94. The van der Waals surface area contributed by atoms with Gasteiger partial charge in [0.25, 0.3) is 11.8 Å². The van der Waals surface area contributed by atoms with Crippen molar-refractivity contribution in [3.05, 3.63) is 68.4 Å². The molecule has 3 atom stereocenters. The molecule has 9 nitrogen and oxygen atoms in total. The number of halogens is 3. The number of carbonyl (C=O) groups is 1. The van der Waals surface area contributed by atoms with Gasteiger partial charge < -0.3 is 23.4 Å². The highest BCUT2D eigenvalue weighted by molar-refractivity contribution is 6.39. The number of aromatic nitrogens is 3. The van der Waals surface area contributed by atoms with E-state index in [0.717, 1.165) is 49.8 Å². The molecule has 1 saturated carbocycles. The molecule has 0 radical (unpaired) electrons. The van der Waals surface area contributed by atoms with E-state index in [1.54, 1.807) is 18.2 Å². The number of esters is 1. The van der Waals surface area contributed by atoms with Crippen LogP contribution in [0.1, 0.15) is 66.1 Å². The summed E-state index contributed by atoms with van der Waals surface area (Å²) in [5.41, 5.74) is 3.18. The molecule has 0 amide bonds. The molecule has 7 rings (SSSR count). The van der Waals surface area contributed by atoms with Crippen molar-refractivity contribution in [2.24, 2.45) is 0 Å². The Kier molecular flexibility index (Phi) is 7.38. The molecule has 12 heteroatoms. The maximum absolute atomic E-state index is 11.9. The van der Waals surface area contributed by atoms with Crippen LogP contribution in [0.4, 0.5) is 5.95 Å². The van der Waals surface area contributed by atoms with E-state index in [0.29, 0.717) is 51.2 Å². The third-order valence-electron chi connectivity index (χ3n) is 8.39. The van der Waals surface area contributed by atoms with E-state index >= 15 is 0 Å². The Hall–Kier alpha value is -3.11. The SMILES string of the molecule is COC(=O)c1ccc(-c2nc(N3[C@@H]4CC[C@H]3CC(OCc3c(-c5c(Cl)cccc5Cl)noc3C3CC3)C4)no2)cc1Cl. The standard InChI is InChI=1S/C30H27Cl3N4O5/c1-39-29(38)20-10-7-16(11-24(20)33)28-34-30(36-42-28)37-17-8-9-18(37)13-19(12-17)40-14-21-26(35-41-27(21)15-5-6-15)25-22(31)3-2-4-23(25)32/h2-4,7,10-11,15,17-19H,5-6,8-9,12-14H2,1H3/t17-,18+,19?. The van der Waals surface area contributed by atoms with Crippen LogP contribution in [0.15, 0.2) is 45.4 Å². The lowest BCUT2D eigenvalue weighted by atomic mass is 9.99. The zero-order chi connectivity index (χ0) is 29.0. The van der Waals surface area contributed by atoms with Crippen molar-refractivity contribution < 1.29 is 23.3 Å². The number of rotatable bonds is 8. The number of anilines is 1. The van der Waals surface area contributed by atoms with Gasteiger partial charge in [-0.1, -0.05) is 46.0 Å². The smallest absolute Gasteiger partial charge is 0.339 e. The van der Waals surface area contributed by atoms with Crippen LogP contribution in [0.25, 0.3) is 22.7 Å². The first-order chi connectivity index (χ1) is 20.4.